The molecule has 14 heteroatoms. The lowest BCUT2D eigenvalue weighted by molar-refractivity contribution is -0.147. The SMILES string of the molecule is CCn1c(-c2cccnc2[C@H](C)OC)c(CC(C)(C)CO)c2cc(-c3cnc(C[C@H](NC(=O)OC(C)(C)C)C(=O)N4CCC[C@@H](C(=O)O)N4)o3)ccc21. The lowest BCUT2D eigenvalue weighted by atomic mass is 9.84. The van der Waals surface area contributed by atoms with Crippen LogP contribution in [0.5, 0.6) is 0 Å². The van der Waals surface area contributed by atoms with E-state index < -0.39 is 41.1 Å². The van der Waals surface area contributed by atoms with Gasteiger partial charge >= 0.3 is 12.1 Å². The van der Waals surface area contributed by atoms with Crippen molar-refractivity contribution in [2.24, 2.45) is 5.41 Å². The van der Waals surface area contributed by atoms with Crippen molar-refractivity contribution in [3.63, 3.8) is 0 Å². The highest BCUT2D eigenvalue weighted by Gasteiger charge is 2.34. The number of aliphatic hydroxyl groups is 1. The molecule has 3 aromatic heterocycles. The molecule has 0 saturated carbocycles. The van der Waals surface area contributed by atoms with Crippen molar-refractivity contribution in [3.05, 3.63) is 59.9 Å². The minimum absolute atomic E-state index is 0.00804. The van der Waals surface area contributed by atoms with Gasteiger partial charge in [-0.2, -0.15) is 0 Å². The number of methoxy groups -OCH3 is 1. The van der Waals surface area contributed by atoms with Crippen LogP contribution in [0.4, 0.5) is 4.79 Å². The molecule has 1 aliphatic rings. The summed E-state index contributed by atoms with van der Waals surface area (Å²) in [5.41, 5.74) is 7.12. The Hall–Kier alpha value is -4.79. The van der Waals surface area contributed by atoms with Crippen LogP contribution in [0, 0.1) is 5.41 Å². The van der Waals surface area contributed by atoms with Crippen LogP contribution in [0.15, 0.2) is 47.1 Å². The second-order valence-electron chi connectivity index (χ2n) is 15.3. The van der Waals surface area contributed by atoms with Gasteiger partial charge in [0, 0.05) is 55.0 Å². The number of rotatable bonds is 13. The summed E-state index contributed by atoms with van der Waals surface area (Å²) in [7, 11) is 1.66. The number of aryl methyl sites for hydroxylation is 1. The summed E-state index contributed by atoms with van der Waals surface area (Å²) in [6, 6.07) is 7.94. The molecule has 4 aromatic rings. The number of aromatic nitrogens is 3. The largest absolute Gasteiger partial charge is 0.480 e. The first-order valence-electron chi connectivity index (χ1n) is 18.0. The average molecular weight is 733 g/mol. The molecular weight excluding hydrogens is 680 g/mol. The number of aliphatic carboxylic acids is 1. The first kappa shape index (κ1) is 39.4. The van der Waals surface area contributed by atoms with E-state index in [2.05, 4.69) is 39.4 Å². The molecular formula is C39H52N6O8. The molecule has 3 atom stereocenters. The van der Waals surface area contributed by atoms with E-state index >= 15 is 0 Å². The zero-order chi connectivity index (χ0) is 38.7. The topological polar surface area (TPSA) is 181 Å². The smallest absolute Gasteiger partial charge is 0.408 e. The number of hydrazine groups is 1. The third-order valence-electron chi connectivity index (χ3n) is 9.36. The van der Waals surface area contributed by atoms with Gasteiger partial charge in [-0.1, -0.05) is 13.8 Å². The molecule has 4 N–H and O–H groups in total. The average Bonchev–Trinajstić information content (AvgIpc) is 3.71. The molecule has 286 valence electrons. The van der Waals surface area contributed by atoms with Crippen LogP contribution in [0.25, 0.3) is 33.5 Å². The number of hydrogen-bond acceptors (Lipinski definition) is 10. The summed E-state index contributed by atoms with van der Waals surface area (Å²) in [4.78, 5) is 47.5. The van der Waals surface area contributed by atoms with Crippen molar-refractivity contribution in [2.45, 2.75) is 104 Å². The fraction of sp³-hybridized carbons (Fsp3) is 0.513. The Morgan fingerprint density at radius 2 is 1.91 bits per heavy atom. The Morgan fingerprint density at radius 3 is 2.57 bits per heavy atom. The van der Waals surface area contributed by atoms with E-state index in [0.717, 1.165) is 39.0 Å². The summed E-state index contributed by atoms with van der Waals surface area (Å²) < 4.78 is 19.6. The second kappa shape index (κ2) is 16.1. The predicted octanol–water partition coefficient (Wildman–Crippen LogP) is 5.66. The van der Waals surface area contributed by atoms with Gasteiger partial charge in [0.15, 0.2) is 11.7 Å². The maximum atomic E-state index is 13.7. The minimum Gasteiger partial charge on any atom is -0.480 e. The Balaban J connectivity index is 1.54. The van der Waals surface area contributed by atoms with Crippen LogP contribution < -0.4 is 10.7 Å². The number of carbonyl (C=O) groups excluding carboxylic acids is 2. The number of aliphatic hydroxyl groups excluding tert-OH is 1. The highest BCUT2D eigenvalue weighted by Crippen LogP contribution is 2.41. The molecule has 2 amide bonds. The predicted molar refractivity (Wildman–Crippen MR) is 199 cm³/mol. The highest BCUT2D eigenvalue weighted by molar-refractivity contribution is 5.95. The van der Waals surface area contributed by atoms with Crippen molar-refractivity contribution >= 4 is 28.9 Å². The standard InChI is InChI=1S/C39H52N6O8/c1-9-44-30-15-14-24(18-26(30)27(20-39(6,7)22-46)34(44)25-12-10-16-40-33(25)23(2)51-8)31-21-41-32(52-31)19-29(42-37(50)53-38(3,4)5)35(47)45-17-11-13-28(43-45)36(48)49/h10,12,14-16,18,21,23,28-29,43,46H,9,11,13,17,19-20,22H2,1-8H3,(H,42,50)(H,48,49)/t23-,28-,29-/m0/s1. The Bertz CT molecular complexity index is 1940. The number of benzene rings is 1. The van der Waals surface area contributed by atoms with Crippen molar-refractivity contribution in [2.75, 3.05) is 20.3 Å². The van der Waals surface area contributed by atoms with E-state index in [-0.39, 0.29) is 31.6 Å². The molecule has 0 bridgehead atoms. The van der Waals surface area contributed by atoms with E-state index in [4.69, 9.17) is 18.9 Å². The summed E-state index contributed by atoms with van der Waals surface area (Å²) in [5.74, 6) is -0.947. The fourth-order valence-electron chi connectivity index (χ4n) is 6.65. The second-order valence-corrected chi connectivity index (χ2v) is 15.3. The third kappa shape index (κ3) is 9.06. The van der Waals surface area contributed by atoms with Crippen LogP contribution in [0.2, 0.25) is 0 Å². The number of nitrogens with zero attached hydrogens (tertiary/aromatic N) is 4. The van der Waals surface area contributed by atoms with Gasteiger partial charge in [0.1, 0.15) is 17.7 Å². The number of fused-ring (bicyclic) bond motifs is 1. The quantitative estimate of drug-likeness (QED) is 0.133. The number of nitrogens with one attached hydrogen (secondary N) is 2. The van der Waals surface area contributed by atoms with Crippen molar-refractivity contribution in [1.29, 1.82) is 0 Å². The van der Waals surface area contributed by atoms with Gasteiger partial charge in [-0.3, -0.25) is 19.6 Å². The van der Waals surface area contributed by atoms with Crippen LogP contribution in [0.3, 0.4) is 0 Å². The summed E-state index contributed by atoms with van der Waals surface area (Å²) in [6.07, 6.45) is 3.62. The lowest BCUT2D eigenvalue weighted by Gasteiger charge is -2.34. The third-order valence-corrected chi connectivity index (χ3v) is 9.36. The van der Waals surface area contributed by atoms with Gasteiger partial charge in [-0.15, -0.1) is 0 Å². The zero-order valence-electron chi connectivity index (χ0n) is 31.9. The number of oxazole rings is 1. The van der Waals surface area contributed by atoms with E-state index in [9.17, 15) is 24.6 Å². The number of hydrogen-bond donors (Lipinski definition) is 4. The van der Waals surface area contributed by atoms with E-state index in [1.54, 1.807) is 40.3 Å². The van der Waals surface area contributed by atoms with Gasteiger partial charge in [0.25, 0.3) is 5.91 Å². The molecule has 14 nitrogen and oxygen atoms in total. The lowest BCUT2D eigenvalue weighted by Crippen LogP contribution is -2.60. The number of carbonyl (C=O) groups is 3. The van der Waals surface area contributed by atoms with Gasteiger partial charge in [0.2, 0.25) is 0 Å². The molecule has 0 aliphatic carbocycles. The molecule has 1 fully saturated rings. The summed E-state index contributed by atoms with van der Waals surface area (Å²) >= 11 is 0. The van der Waals surface area contributed by atoms with Crippen LogP contribution in [0.1, 0.15) is 84.6 Å². The van der Waals surface area contributed by atoms with Crippen LogP contribution in [-0.4, -0.2) is 85.7 Å². The fourth-order valence-corrected chi connectivity index (χ4v) is 6.65. The minimum atomic E-state index is -1.16. The molecule has 1 aliphatic heterocycles. The normalized spacial score (nSPS) is 16.4. The van der Waals surface area contributed by atoms with Gasteiger partial charge < -0.3 is 34.0 Å². The van der Waals surface area contributed by atoms with Crippen molar-refractivity contribution in [3.8, 4) is 22.6 Å². The van der Waals surface area contributed by atoms with Crippen LogP contribution in [-0.2, 0) is 38.4 Å². The molecule has 0 unspecified atom stereocenters. The molecule has 0 radical (unpaired) electrons. The number of pyridine rings is 1. The van der Waals surface area contributed by atoms with Gasteiger partial charge in [-0.25, -0.2) is 15.2 Å². The maximum absolute atomic E-state index is 13.7. The molecule has 4 heterocycles. The monoisotopic (exact) mass is 732 g/mol. The number of ether oxygens (including phenoxy) is 2. The number of amides is 2. The number of carboxylic acids is 1. The van der Waals surface area contributed by atoms with E-state index in [1.165, 1.54) is 5.01 Å². The first-order chi connectivity index (χ1) is 25.1. The number of alkyl carbamates (subject to hydrolysis) is 1. The van der Waals surface area contributed by atoms with Crippen molar-refractivity contribution < 1.29 is 38.5 Å². The van der Waals surface area contributed by atoms with E-state index in [0.29, 0.717) is 31.6 Å². The van der Waals surface area contributed by atoms with Gasteiger partial charge in [-0.05, 0) is 95.2 Å². The molecule has 53 heavy (non-hydrogen) atoms. The summed E-state index contributed by atoms with van der Waals surface area (Å²) in [5, 5.41) is 24.8. The molecule has 1 aromatic carbocycles. The molecule has 5 rings (SSSR count). The maximum Gasteiger partial charge on any atom is 0.408 e. The summed E-state index contributed by atoms with van der Waals surface area (Å²) in [6.45, 7) is 14.2. The van der Waals surface area contributed by atoms with Gasteiger partial charge in [0.05, 0.1) is 30.1 Å². The Kier molecular flexibility index (Phi) is 11.9. The van der Waals surface area contributed by atoms with Crippen molar-refractivity contribution in [1.82, 2.24) is 30.3 Å². The Morgan fingerprint density at radius 1 is 1.15 bits per heavy atom. The van der Waals surface area contributed by atoms with Crippen LogP contribution >= 0.6 is 0 Å². The first-order valence-corrected chi connectivity index (χ1v) is 18.0. The number of carboxylic acid groups (broad SMARTS) is 1. The zero-order valence-corrected chi connectivity index (χ0v) is 31.9. The Labute approximate surface area is 309 Å². The van der Waals surface area contributed by atoms with E-state index in [1.807, 2.05) is 39.0 Å². The highest BCUT2D eigenvalue weighted by atomic mass is 16.6. The molecule has 0 spiro atoms. The molecule has 1 saturated heterocycles.